The monoisotopic (exact) mass is 424 g/mol. The summed E-state index contributed by atoms with van der Waals surface area (Å²) in [5.74, 6) is 1.47. The van der Waals surface area contributed by atoms with Gasteiger partial charge in [-0.2, -0.15) is 0 Å². The van der Waals surface area contributed by atoms with E-state index in [4.69, 9.17) is 13.9 Å². The maximum absolute atomic E-state index is 12.5. The lowest BCUT2D eigenvalue weighted by Crippen LogP contribution is -2.20. The van der Waals surface area contributed by atoms with E-state index in [-0.39, 0.29) is 12.5 Å². The number of aromatic nitrogens is 1. The van der Waals surface area contributed by atoms with Crippen molar-refractivity contribution >= 4 is 33.5 Å². The molecular weight excluding hydrogens is 404 g/mol. The maximum atomic E-state index is 12.5. The smallest absolute Gasteiger partial charge is 0.262 e. The van der Waals surface area contributed by atoms with Gasteiger partial charge >= 0.3 is 0 Å². The summed E-state index contributed by atoms with van der Waals surface area (Å²) in [4.78, 5) is 17.2. The van der Waals surface area contributed by atoms with E-state index in [2.05, 4.69) is 10.3 Å². The minimum Gasteiger partial charge on any atom is -0.497 e. The van der Waals surface area contributed by atoms with Gasteiger partial charge < -0.3 is 19.2 Å². The van der Waals surface area contributed by atoms with E-state index >= 15 is 0 Å². The number of rotatable bonds is 6. The van der Waals surface area contributed by atoms with Crippen molar-refractivity contribution in [1.82, 2.24) is 4.98 Å². The Kier molecular flexibility index (Phi) is 5.17. The lowest BCUT2D eigenvalue weighted by molar-refractivity contribution is -0.118. The molecular formula is C26H20N2O4. The molecule has 0 bridgehead atoms. The molecule has 0 fully saturated rings. The van der Waals surface area contributed by atoms with E-state index < -0.39 is 0 Å². The molecule has 158 valence electrons. The summed E-state index contributed by atoms with van der Waals surface area (Å²) in [6.45, 7) is -0.126. The zero-order valence-electron chi connectivity index (χ0n) is 17.4. The normalized spacial score (nSPS) is 10.9. The second-order valence-electron chi connectivity index (χ2n) is 7.21. The lowest BCUT2D eigenvalue weighted by Gasteiger charge is -2.10. The summed E-state index contributed by atoms with van der Waals surface area (Å²) < 4.78 is 16.8. The number of methoxy groups -OCH3 is 1. The lowest BCUT2D eigenvalue weighted by atomic mass is 10.1. The third-order valence-electron chi connectivity index (χ3n) is 5.14. The number of hydrogen-bond acceptors (Lipinski definition) is 5. The molecule has 0 aliphatic rings. The van der Waals surface area contributed by atoms with Gasteiger partial charge in [0.15, 0.2) is 12.2 Å². The summed E-state index contributed by atoms with van der Waals surface area (Å²) in [6.07, 6.45) is 0. The zero-order chi connectivity index (χ0) is 21.9. The highest BCUT2D eigenvalue weighted by atomic mass is 16.5. The first kappa shape index (κ1) is 19.6. The fourth-order valence-electron chi connectivity index (χ4n) is 3.56. The van der Waals surface area contributed by atoms with Crippen LogP contribution in [-0.4, -0.2) is 24.6 Å². The summed E-state index contributed by atoms with van der Waals surface area (Å²) in [7, 11) is 1.60. The quantitative estimate of drug-likeness (QED) is 0.380. The summed E-state index contributed by atoms with van der Waals surface area (Å²) in [5.41, 5.74) is 2.79. The van der Waals surface area contributed by atoms with Crippen LogP contribution in [0.4, 0.5) is 5.69 Å². The number of ether oxygens (including phenoxy) is 2. The number of carbonyl (C=O) groups is 1. The van der Waals surface area contributed by atoms with Crippen molar-refractivity contribution in [3.8, 4) is 23.0 Å². The molecule has 0 saturated carbocycles. The Morgan fingerprint density at radius 2 is 1.66 bits per heavy atom. The minimum absolute atomic E-state index is 0.126. The van der Waals surface area contributed by atoms with Gasteiger partial charge in [0.1, 0.15) is 17.0 Å². The third-order valence-corrected chi connectivity index (χ3v) is 5.14. The second kappa shape index (κ2) is 8.43. The molecule has 5 rings (SSSR count). The predicted molar refractivity (Wildman–Crippen MR) is 124 cm³/mol. The van der Waals surface area contributed by atoms with Gasteiger partial charge in [-0.25, -0.2) is 4.98 Å². The predicted octanol–water partition coefficient (Wildman–Crippen LogP) is 5.67. The van der Waals surface area contributed by atoms with E-state index in [1.165, 1.54) is 0 Å². The van der Waals surface area contributed by atoms with Crippen LogP contribution >= 0.6 is 0 Å². The molecule has 0 spiro atoms. The minimum atomic E-state index is -0.283. The molecule has 1 aromatic heterocycles. The van der Waals surface area contributed by atoms with Crippen LogP contribution in [0.15, 0.2) is 89.3 Å². The molecule has 0 unspecified atom stereocenters. The Hall–Kier alpha value is -4.32. The van der Waals surface area contributed by atoms with Gasteiger partial charge in [-0.3, -0.25) is 4.79 Å². The van der Waals surface area contributed by atoms with E-state index in [1.54, 1.807) is 31.4 Å². The molecule has 1 N–H and O–H groups in total. The van der Waals surface area contributed by atoms with Crippen LogP contribution in [0.25, 0.3) is 33.3 Å². The molecule has 4 aromatic carbocycles. The van der Waals surface area contributed by atoms with Crippen LogP contribution in [0.3, 0.4) is 0 Å². The zero-order valence-corrected chi connectivity index (χ0v) is 17.4. The highest BCUT2D eigenvalue weighted by molar-refractivity contribution is 6.04. The Balaban J connectivity index is 1.38. The fourth-order valence-corrected chi connectivity index (χ4v) is 3.56. The third kappa shape index (κ3) is 3.86. The Morgan fingerprint density at radius 3 is 2.50 bits per heavy atom. The van der Waals surface area contributed by atoms with Gasteiger partial charge in [-0.05, 0) is 47.9 Å². The van der Waals surface area contributed by atoms with Gasteiger partial charge in [0, 0.05) is 5.39 Å². The largest absolute Gasteiger partial charge is 0.497 e. The molecule has 5 aromatic rings. The van der Waals surface area contributed by atoms with Crippen molar-refractivity contribution in [3.63, 3.8) is 0 Å². The van der Waals surface area contributed by atoms with Crippen molar-refractivity contribution in [2.45, 2.75) is 0 Å². The number of anilines is 1. The topological polar surface area (TPSA) is 73.6 Å². The Morgan fingerprint density at radius 1 is 0.906 bits per heavy atom. The molecule has 1 heterocycles. The molecule has 0 atom stereocenters. The number of hydrogen-bond donors (Lipinski definition) is 1. The van der Waals surface area contributed by atoms with Crippen molar-refractivity contribution < 1.29 is 18.7 Å². The average molecular weight is 424 g/mol. The Bertz CT molecular complexity index is 1410. The van der Waals surface area contributed by atoms with E-state index in [1.807, 2.05) is 60.7 Å². The van der Waals surface area contributed by atoms with E-state index in [9.17, 15) is 4.79 Å². The summed E-state index contributed by atoms with van der Waals surface area (Å²) in [6, 6.07) is 26.4. The number of amides is 1. The highest BCUT2D eigenvalue weighted by Crippen LogP contribution is 2.33. The number of benzene rings is 4. The van der Waals surface area contributed by atoms with Crippen molar-refractivity contribution in [2.75, 3.05) is 19.0 Å². The molecule has 6 heteroatoms. The number of nitrogens with one attached hydrogen (secondary N) is 1. The van der Waals surface area contributed by atoms with E-state index in [0.29, 0.717) is 22.9 Å². The van der Waals surface area contributed by atoms with Gasteiger partial charge in [0.05, 0.1) is 18.4 Å². The van der Waals surface area contributed by atoms with Crippen LogP contribution < -0.4 is 14.8 Å². The Labute approximate surface area is 184 Å². The van der Waals surface area contributed by atoms with Crippen LogP contribution in [0.5, 0.6) is 11.5 Å². The molecule has 1 amide bonds. The molecule has 0 aliphatic heterocycles. The summed E-state index contributed by atoms with van der Waals surface area (Å²) >= 11 is 0. The maximum Gasteiger partial charge on any atom is 0.262 e. The summed E-state index contributed by atoms with van der Waals surface area (Å²) in [5, 5.41) is 4.98. The molecule has 0 aliphatic carbocycles. The van der Waals surface area contributed by atoms with Crippen molar-refractivity contribution in [2.24, 2.45) is 0 Å². The highest BCUT2D eigenvalue weighted by Gasteiger charge is 2.15. The number of carbonyl (C=O) groups excluding carboxylic acids is 1. The van der Waals surface area contributed by atoms with Gasteiger partial charge in [-0.15, -0.1) is 0 Å². The first-order chi connectivity index (χ1) is 15.7. The van der Waals surface area contributed by atoms with Gasteiger partial charge in [-0.1, -0.05) is 42.5 Å². The van der Waals surface area contributed by atoms with Crippen molar-refractivity contribution in [1.29, 1.82) is 0 Å². The number of para-hydroxylation sites is 1. The standard InChI is InChI=1S/C26H20N2O4/c1-30-18-11-13-19(14-12-18)31-16-24(29)27-22-9-5-4-8-21(22)26-28-23-15-10-17-6-2-3-7-20(17)25(23)32-26/h2-15H,16H2,1H3,(H,27,29). The molecule has 0 radical (unpaired) electrons. The van der Waals surface area contributed by atoms with Gasteiger partial charge in [0.2, 0.25) is 5.89 Å². The number of nitrogens with zero attached hydrogens (tertiary/aromatic N) is 1. The van der Waals surface area contributed by atoms with Crippen LogP contribution in [-0.2, 0) is 4.79 Å². The molecule has 0 saturated heterocycles. The fraction of sp³-hybridized carbons (Fsp3) is 0.0769. The SMILES string of the molecule is COc1ccc(OCC(=O)Nc2ccccc2-c2nc3ccc4ccccc4c3o2)cc1. The number of oxazole rings is 1. The average Bonchev–Trinajstić information content (AvgIpc) is 3.28. The second-order valence-corrected chi connectivity index (χ2v) is 7.21. The van der Waals surface area contributed by atoms with Crippen LogP contribution in [0.1, 0.15) is 0 Å². The first-order valence-electron chi connectivity index (χ1n) is 10.2. The van der Waals surface area contributed by atoms with Crippen molar-refractivity contribution in [3.05, 3.63) is 84.9 Å². The molecule has 32 heavy (non-hydrogen) atoms. The van der Waals surface area contributed by atoms with Gasteiger partial charge in [0.25, 0.3) is 5.91 Å². The molecule has 6 nitrogen and oxygen atoms in total. The number of fused-ring (bicyclic) bond motifs is 3. The van der Waals surface area contributed by atoms with E-state index in [0.717, 1.165) is 27.6 Å². The van der Waals surface area contributed by atoms with Crippen LogP contribution in [0.2, 0.25) is 0 Å². The van der Waals surface area contributed by atoms with Crippen LogP contribution in [0, 0.1) is 0 Å². The first-order valence-corrected chi connectivity index (χ1v) is 10.2.